The number of hydrogen-bond donors (Lipinski definition) is 1. The number of methoxy groups -OCH3 is 1. The van der Waals surface area contributed by atoms with E-state index in [4.69, 9.17) is 9.73 Å². The lowest BCUT2D eigenvalue weighted by molar-refractivity contribution is 0.415. The molecule has 2 heterocycles. The quantitative estimate of drug-likeness (QED) is 0.297. The fourth-order valence-electron chi connectivity index (χ4n) is 4.76. The van der Waals surface area contributed by atoms with Gasteiger partial charge >= 0.3 is 0 Å². The molecule has 3 heteroatoms. The van der Waals surface area contributed by atoms with Crippen molar-refractivity contribution in [2.24, 2.45) is 4.99 Å². The van der Waals surface area contributed by atoms with Crippen molar-refractivity contribution >= 4 is 16.6 Å². The maximum absolute atomic E-state index is 5.42. The van der Waals surface area contributed by atoms with Crippen molar-refractivity contribution in [3.63, 3.8) is 0 Å². The van der Waals surface area contributed by atoms with E-state index in [2.05, 4.69) is 24.0 Å². The molecule has 0 unspecified atom stereocenters. The Morgan fingerprint density at radius 1 is 0.867 bits per heavy atom. The van der Waals surface area contributed by atoms with Crippen LogP contribution in [0.2, 0.25) is 0 Å². The van der Waals surface area contributed by atoms with E-state index in [9.17, 15) is 0 Å². The Balaban J connectivity index is 1.31. The molecule has 3 rings (SSSR count). The molecular formula is C27H42N2O. The largest absolute Gasteiger partial charge is 0.497 e. The van der Waals surface area contributed by atoms with Gasteiger partial charge in [-0.25, -0.2) is 0 Å². The van der Waals surface area contributed by atoms with Crippen molar-refractivity contribution in [3.05, 3.63) is 29.5 Å². The molecule has 2 aromatic rings. The summed E-state index contributed by atoms with van der Waals surface area (Å²) in [6.45, 7) is 3.21. The number of aromatic nitrogens is 1. The van der Waals surface area contributed by atoms with Crippen molar-refractivity contribution < 1.29 is 4.74 Å². The Bertz CT molecular complexity index is 790. The van der Waals surface area contributed by atoms with E-state index in [0.29, 0.717) is 0 Å². The van der Waals surface area contributed by atoms with Crippen molar-refractivity contribution in [1.29, 1.82) is 0 Å². The lowest BCUT2D eigenvalue weighted by atomic mass is 9.98. The maximum Gasteiger partial charge on any atom is 0.119 e. The van der Waals surface area contributed by atoms with Gasteiger partial charge in [-0.15, -0.1) is 0 Å². The first-order valence-corrected chi connectivity index (χ1v) is 12.6. The Hall–Kier alpha value is -1.77. The normalized spacial score (nSPS) is 13.5. The number of H-pyrrole nitrogens is 1. The number of aliphatic imine (C=N–C) groups is 1. The molecule has 0 bridgehead atoms. The smallest absolute Gasteiger partial charge is 0.119 e. The summed E-state index contributed by atoms with van der Waals surface area (Å²) in [6.07, 6.45) is 20.4. The van der Waals surface area contributed by atoms with E-state index in [1.165, 1.54) is 111 Å². The highest BCUT2D eigenvalue weighted by molar-refractivity contribution is 6.06. The summed E-state index contributed by atoms with van der Waals surface area (Å²) >= 11 is 0. The number of nitrogens with one attached hydrogen (secondary N) is 1. The number of aromatic amines is 1. The first kappa shape index (κ1) is 22.9. The van der Waals surface area contributed by atoms with Crippen molar-refractivity contribution in [1.82, 2.24) is 4.98 Å². The van der Waals surface area contributed by atoms with Crippen LogP contribution in [0.5, 0.6) is 5.75 Å². The molecule has 0 saturated carbocycles. The number of unbranched alkanes of at least 4 members (excludes halogenated alkanes) is 12. The summed E-state index contributed by atoms with van der Waals surface area (Å²) in [4.78, 5) is 8.48. The minimum atomic E-state index is 0.922. The molecule has 0 fully saturated rings. The van der Waals surface area contributed by atoms with Gasteiger partial charge in [0.05, 0.1) is 18.5 Å². The highest BCUT2D eigenvalue weighted by Gasteiger charge is 2.19. The predicted molar refractivity (Wildman–Crippen MR) is 130 cm³/mol. The van der Waals surface area contributed by atoms with E-state index in [1.807, 2.05) is 6.07 Å². The second-order valence-corrected chi connectivity index (χ2v) is 8.96. The van der Waals surface area contributed by atoms with Crippen LogP contribution in [-0.2, 0) is 6.42 Å². The third-order valence-corrected chi connectivity index (χ3v) is 6.58. The molecule has 1 aliphatic rings. The molecule has 166 valence electrons. The summed E-state index contributed by atoms with van der Waals surface area (Å²) in [7, 11) is 1.74. The summed E-state index contributed by atoms with van der Waals surface area (Å²) in [5.41, 5.74) is 5.21. The van der Waals surface area contributed by atoms with E-state index < -0.39 is 0 Å². The van der Waals surface area contributed by atoms with Gasteiger partial charge in [0.15, 0.2) is 0 Å². The number of fused-ring (bicyclic) bond motifs is 3. The number of rotatable bonds is 15. The molecule has 0 saturated heterocycles. The first-order chi connectivity index (χ1) is 14.8. The second-order valence-electron chi connectivity index (χ2n) is 8.96. The highest BCUT2D eigenvalue weighted by atomic mass is 16.5. The molecule has 0 atom stereocenters. The third-order valence-electron chi connectivity index (χ3n) is 6.58. The summed E-state index contributed by atoms with van der Waals surface area (Å²) < 4.78 is 5.42. The van der Waals surface area contributed by atoms with Gasteiger partial charge in [-0.05, 0) is 43.0 Å². The Labute approximate surface area is 183 Å². The summed E-state index contributed by atoms with van der Waals surface area (Å²) in [5, 5.41) is 1.31. The molecule has 1 aromatic heterocycles. The third kappa shape index (κ3) is 6.62. The molecular weight excluding hydrogens is 368 g/mol. The lowest BCUT2D eigenvalue weighted by Gasteiger charge is -2.13. The Morgan fingerprint density at radius 2 is 1.50 bits per heavy atom. The molecule has 0 aliphatic carbocycles. The zero-order valence-corrected chi connectivity index (χ0v) is 19.4. The van der Waals surface area contributed by atoms with Gasteiger partial charge in [0.25, 0.3) is 0 Å². The van der Waals surface area contributed by atoms with Crippen LogP contribution in [0.15, 0.2) is 23.2 Å². The molecule has 1 aliphatic heterocycles. The minimum absolute atomic E-state index is 0.922. The van der Waals surface area contributed by atoms with Crippen molar-refractivity contribution in [2.45, 2.75) is 103 Å². The van der Waals surface area contributed by atoms with Gasteiger partial charge in [-0.1, -0.05) is 84.0 Å². The molecule has 30 heavy (non-hydrogen) atoms. The number of nitrogens with zero attached hydrogens (tertiary/aromatic N) is 1. The van der Waals surface area contributed by atoms with Crippen LogP contribution in [0.4, 0.5) is 0 Å². The van der Waals surface area contributed by atoms with Crippen LogP contribution in [0, 0.1) is 0 Å². The summed E-state index contributed by atoms with van der Waals surface area (Å²) in [5.74, 6) is 0.935. The lowest BCUT2D eigenvalue weighted by Crippen LogP contribution is -2.12. The van der Waals surface area contributed by atoms with Crippen LogP contribution >= 0.6 is 0 Å². The van der Waals surface area contributed by atoms with E-state index in [-0.39, 0.29) is 0 Å². The standard InChI is InChI=1S/C27H42N2O/c1-3-4-5-6-7-8-9-10-11-12-13-14-15-16-26-27-23(19-20-28-26)24-21-22(30-2)17-18-25(24)29-27/h17-18,21,29H,3-16,19-20H2,1-2H3. The predicted octanol–water partition coefficient (Wildman–Crippen LogP) is 8.00. The zero-order chi connectivity index (χ0) is 21.0. The van der Waals surface area contributed by atoms with Gasteiger partial charge < -0.3 is 9.72 Å². The highest BCUT2D eigenvalue weighted by Crippen LogP contribution is 2.30. The molecule has 0 radical (unpaired) electrons. The van der Waals surface area contributed by atoms with Crippen LogP contribution in [0.1, 0.15) is 108 Å². The van der Waals surface area contributed by atoms with Crippen LogP contribution in [0.25, 0.3) is 10.9 Å². The van der Waals surface area contributed by atoms with Gasteiger partial charge in [0.1, 0.15) is 5.75 Å². The molecule has 1 aromatic carbocycles. The van der Waals surface area contributed by atoms with Gasteiger partial charge in [0, 0.05) is 17.4 Å². The molecule has 0 amide bonds. The molecule has 1 N–H and O–H groups in total. The van der Waals surface area contributed by atoms with E-state index >= 15 is 0 Å². The zero-order valence-electron chi connectivity index (χ0n) is 19.4. The van der Waals surface area contributed by atoms with Crippen LogP contribution in [0.3, 0.4) is 0 Å². The number of hydrogen-bond acceptors (Lipinski definition) is 2. The topological polar surface area (TPSA) is 37.4 Å². The molecule has 0 spiro atoms. The first-order valence-electron chi connectivity index (χ1n) is 12.6. The average molecular weight is 411 g/mol. The average Bonchev–Trinajstić information content (AvgIpc) is 3.15. The monoisotopic (exact) mass is 410 g/mol. The number of benzene rings is 1. The summed E-state index contributed by atoms with van der Waals surface area (Å²) in [6, 6.07) is 6.34. The van der Waals surface area contributed by atoms with Gasteiger partial charge in [-0.3, -0.25) is 4.99 Å². The Kier molecular flexibility index (Phi) is 9.79. The molecule has 3 nitrogen and oxygen atoms in total. The van der Waals surface area contributed by atoms with Gasteiger partial charge in [0.2, 0.25) is 0 Å². The van der Waals surface area contributed by atoms with Gasteiger partial charge in [-0.2, -0.15) is 0 Å². The van der Waals surface area contributed by atoms with Crippen molar-refractivity contribution in [2.75, 3.05) is 13.7 Å². The van der Waals surface area contributed by atoms with E-state index in [1.54, 1.807) is 7.11 Å². The van der Waals surface area contributed by atoms with Crippen LogP contribution in [-0.4, -0.2) is 24.4 Å². The fraction of sp³-hybridized carbons (Fsp3) is 0.667. The van der Waals surface area contributed by atoms with E-state index in [0.717, 1.165) is 25.1 Å². The van der Waals surface area contributed by atoms with Crippen molar-refractivity contribution in [3.8, 4) is 5.75 Å². The van der Waals surface area contributed by atoms with Crippen LogP contribution < -0.4 is 4.74 Å². The minimum Gasteiger partial charge on any atom is -0.497 e. The SMILES string of the molecule is CCCCCCCCCCCCCCCC1=NCCc2c1[nH]c1ccc(OC)cc21. The Morgan fingerprint density at radius 3 is 2.13 bits per heavy atom. The number of ether oxygens (including phenoxy) is 1. The maximum atomic E-state index is 5.42. The fourth-order valence-corrected chi connectivity index (χ4v) is 4.76. The second kappa shape index (κ2) is 12.8.